The van der Waals surface area contributed by atoms with Gasteiger partial charge in [-0.15, -0.1) is 0 Å². The first-order chi connectivity index (χ1) is 13.0. The minimum Gasteiger partial charge on any atom is -0.484 e. The lowest BCUT2D eigenvalue weighted by Crippen LogP contribution is -2.50. The van der Waals surface area contributed by atoms with Crippen LogP contribution in [0.15, 0.2) is 41.0 Å². The first-order valence-electron chi connectivity index (χ1n) is 9.25. The van der Waals surface area contributed by atoms with Gasteiger partial charge >= 0.3 is 0 Å². The highest BCUT2D eigenvalue weighted by molar-refractivity contribution is 5.92. The molecule has 0 bridgehead atoms. The Kier molecular flexibility index (Phi) is 6.11. The molecule has 1 N–H and O–H groups in total. The van der Waals surface area contributed by atoms with Crippen molar-refractivity contribution in [1.82, 2.24) is 15.2 Å². The zero-order valence-electron chi connectivity index (χ0n) is 15.7. The number of aromatic nitrogens is 1. The van der Waals surface area contributed by atoms with E-state index >= 15 is 0 Å². The van der Waals surface area contributed by atoms with E-state index in [2.05, 4.69) is 10.3 Å². The molecule has 1 aromatic carbocycles. The summed E-state index contributed by atoms with van der Waals surface area (Å²) in [5.41, 5.74) is 0.217. The Morgan fingerprint density at radius 3 is 2.85 bits per heavy atom. The summed E-state index contributed by atoms with van der Waals surface area (Å²) in [5.74, 6) is 0.828. The van der Waals surface area contributed by atoms with Crippen molar-refractivity contribution in [3.8, 4) is 5.75 Å². The quantitative estimate of drug-likeness (QED) is 0.844. The van der Waals surface area contributed by atoms with E-state index in [0.29, 0.717) is 18.2 Å². The van der Waals surface area contributed by atoms with Crippen molar-refractivity contribution >= 4 is 11.8 Å². The van der Waals surface area contributed by atoms with Crippen LogP contribution in [0.5, 0.6) is 5.75 Å². The van der Waals surface area contributed by atoms with Crippen LogP contribution in [0.3, 0.4) is 0 Å². The summed E-state index contributed by atoms with van der Waals surface area (Å²) >= 11 is 0. The SMILES string of the molecule is CC(C)C(=O)N1CCCC(NC(=O)c2coc(COc3ccccc3)n2)C1. The van der Waals surface area contributed by atoms with Gasteiger partial charge in [-0.2, -0.15) is 0 Å². The van der Waals surface area contributed by atoms with E-state index in [1.165, 1.54) is 6.26 Å². The monoisotopic (exact) mass is 371 g/mol. The molecule has 1 saturated heterocycles. The summed E-state index contributed by atoms with van der Waals surface area (Å²) in [4.78, 5) is 30.6. The van der Waals surface area contributed by atoms with Gasteiger partial charge in [0.1, 0.15) is 12.0 Å². The second-order valence-corrected chi connectivity index (χ2v) is 6.98. The maximum absolute atomic E-state index is 12.4. The number of oxazole rings is 1. The van der Waals surface area contributed by atoms with Crippen LogP contribution in [-0.2, 0) is 11.4 Å². The number of likely N-dealkylation sites (tertiary alicyclic amines) is 1. The zero-order valence-corrected chi connectivity index (χ0v) is 15.7. The number of nitrogens with zero attached hydrogens (tertiary/aromatic N) is 2. The predicted molar refractivity (Wildman–Crippen MR) is 99.2 cm³/mol. The summed E-state index contributed by atoms with van der Waals surface area (Å²) in [6, 6.07) is 9.26. The Labute approximate surface area is 158 Å². The van der Waals surface area contributed by atoms with Crippen molar-refractivity contribution in [1.29, 1.82) is 0 Å². The number of ether oxygens (including phenoxy) is 1. The third-order valence-corrected chi connectivity index (χ3v) is 4.45. The van der Waals surface area contributed by atoms with Crippen molar-refractivity contribution < 1.29 is 18.7 Å². The topological polar surface area (TPSA) is 84.7 Å². The van der Waals surface area contributed by atoms with Gasteiger partial charge in [-0.1, -0.05) is 32.0 Å². The second-order valence-electron chi connectivity index (χ2n) is 6.98. The van der Waals surface area contributed by atoms with Gasteiger partial charge in [0.05, 0.1) is 0 Å². The third-order valence-electron chi connectivity index (χ3n) is 4.45. The molecule has 7 nitrogen and oxygen atoms in total. The van der Waals surface area contributed by atoms with Gasteiger partial charge in [0, 0.05) is 25.0 Å². The van der Waals surface area contributed by atoms with Gasteiger partial charge in [0.15, 0.2) is 12.3 Å². The Morgan fingerprint density at radius 1 is 1.33 bits per heavy atom. The number of piperidine rings is 1. The van der Waals surface area contributed by atoms with Crippen molar-refractivity contribution in [3.63, 3.8) is 0 Å². The maximum atomic E-state index is 12.4. The van der Waals surface area contributed by atoms with E-state index in [1.54, 1.807) is 0 Å². The standard InChI is InChI=1S/C20H25N3O4/c1-14(2)20(25)23-10-6-7-15(11-23)21-19(24)17-12-27-18(22-17)13-26-16-8-4-3-5-9-16/h3-5,8-9,12,14-15H,6-7,10-11,13H2,1-2H3,(H,21,24). The fourth-order valence-electron chi connectivity index (χ4n) is 3.06. The van der Waals surface area contributed by atoms with E-state index in [9.17, 15) is 9.59 Å². The number of carbonyl (C=O) groups is 2. The number of amides is 2. The summed E-state index contributed by atoms with van der Waals surface area (Å²) < 4.78 is 10.9. The molecule has 1 aromatic heterocycles. The number of rotatable bonds is 6. The Balaban J connectivity index is 1.52. The number of benzene rings is 1. The van der Waals surface area contributed by atoms with Crippen LogP contribution in [-0.4, -0.2) is 40.8 Å². The van der Waals surface area contributed by atoms with Gasteiger partial charge < -0.3 is 19.4 Å². The molecule has 3 rings (SSSR count). The molecule has 1 unspecified atom stereocenters. The van der Waals surface area contributed by atoms with Gasteiger partial charge in [-0.25, -0.2) is 4.98 Å². The van der Waals surface area contributed by atoms with E-state index < -0.39 is 0 Å². The molecule has 7 heteroatoms. The summed E-state index contributed by atoms with van der Waals surface area (Å²) in [5, 5.41) is 2.95. The molecule has 1 aliphatic rings. The molecular formula is C20H25N3O4. The predicted octanol–water partition coefficient (Wildman–Crippen LogP) is 2.63. The minimum absolute atomic E-state index is 0.0397. The van der Waals surface area contributed by atoms with Crippen LogP contribution < -0.4 is 10.1 Å². The molecule has 2 aromatic rings. The normalized spacial score (nSPS) is 17.0. The molecule has 0 saturated carbocycles. The molecule has 0 spiro atoms. The average molecular weight is 371 g/mol. The molecule has 144 valence electrons. The fourth-order valence-corrected chi connectivity index (χ4v) is 3.06. The molecule has 0 aliphatic carbocycles. The van der Waals surface area contributed by atoms with Crippen LogP contribution in [0.4, 0.5) is 0 Å². The molecule has 1 fully saturated rings. The molecule has 1 atom stereocenters. The van der Waals surface area contributed by atoms with Gasteiger partial charge in [0.2, 0.25) is 11.8 Å². The smallest absolute Gasteiger partial charge is 0.273 e. The first-order valence-corrected chi connectivity index (χ1v) is 9.25. The van der Waals surface area contributed by atoms with Crippen molar-refractivity contribution in [3.05, 3.63) is 48.2 Å². The van der Waals surface area contributed by atoms with Gasteiger partial charge in [-0.05, 0) is 25.0 Å². The number of hydrogen-bond donors (Lipinski definition) is 1. The molecule has 0 radical (unpaired) electrons. The molecule has 27 heavy (non-hydrogen) atoms. The summed E-state index contributed by atoms with van der Waals surface area (Å²) in [7, 11) is 0. The van der Waals surface area contributed by atoms with Crippen molar-refractivity contribution in [2.24, 2.45) is 5.92 Å². The van der Waals surface area contributed by atoms with Crippen LogP contribution in [0, 0.1) is 5.92 Å². The Bertz CT molecular complexity index is 773. The van der Waals surface area contributed by atoms with Gasteiger partial charge in [0.25, 0.3) is 5.91 Å². The van der Waals surface area contributed by atoms with Crippen LogP contribution in [0.25, 0.3) is 0 Å². The second kappa shape index (κ2) is 8.70. The number of carbonyl (C=O) groups excluding carboxylic acids is 2. The van der Waals surface area contributed by atoms with Crippen LogP contribution in [0.2, 0.25) is 0 Å². The highest BCUT2D eigenvalue weighted by atomic mass is 16.5. The van der Waals surface area contributed by atoms with E-state index in [-0.39, 0.29) is 36.1 Å². The van der Waals surface area contributed by atoms with Crippen LogP contribution >= 0.6 is 0 Å². The maximum Gasteiger partial charge on any atom is 0.273 e. The number of para-hydroxylation sites is 1. The lowest BCUT2D eigenvalue weighted by Gasteiger charge is -2.34. The lowest BCUT2D eigenvalue weighted by molar-refractivity contribution is -0.135. The fraction of sp³-hybridized carbons (Fsp3) is 0.450. The number of nitrogens with one attached hydrogen (secondary N) is 1. The zero-order chi connectivity index (χ0) is 19.2. The molecule has 1 aliphatic heterocycles. The van der Waals surface area contributed by atoms with Crippen molar-refractivity contribution in [2.45, 2.75) is 39.3 Å². The number of hydrogen-bond acceptors (Lipinski definition) is 5. The summed E-state index contributed by atoms with van der Waals surface area (Å²) in [6.07, 6.45) is 3.05. The van der Waals surface area contributed by atoms with E-state index in [1.807, 2.05) is 49.1 Å². The van der Waals surface area contributed by atoms with E-state index in [4.69, 9.17) is 9.15 Å². The minimum atomic E-state index is -0.298. The largest absolute Gasteiger partial charge is 0.484 e. The highest BCUT2D eigenvalue weighted by Crippen LogP contribution is 2.15. The van der Waals surface area contributed by atoms with Crippen molar-refractivity contribution in [2.75, 3.05) is 13.1 Å². The lowest BCUT2D eigenvalue weighted by atomic mass is 10.0. The Hall–Kier alpha value is -2.83. The van der Waals surface area contributed by atoms with E-state index in [0.717, 1.165) is 19.4 Å². The first kappa shape index (κ1) is 18.9. The molecular weight excluding hydrogens is 346 g/mol. The highest BCUT2D eigenvalue weighted by Gasteiger charge is 2.27. The Morgan fingerprint density at radius 2 is 2.11 bits per heavy atom. The summed E-state index contributed by atoms with van der Waals surface area (Å²) in [6.45, 7) is 5.20. The molecule has 2 amide bonds. The average Bonchev–Trinajstić information content (AvgIpc) is 3.16. The third kappa shape index (κ3) is 5.09. The molecule has 2 heterocycles. The van der Waals surface area contributed by atoms with Crippen LogP contribution in [0.1, 0.15) is 43.1 Å². The van der Waals surface area contributed by atoms with Gasteiger partial charge in [-0.3, -0.25) is 9.59 Å².